The zero-order chi connectivity index (χ0) is 17.3. The number of aromatic carboxylic acids is 1. The smallest absolute Gasteiger partial charge is 0.354 e. The van der Waals surface area contributed by atoms with Gasteiger partial charge in [0.05, 0.1) is 5.52 Å². The highest BCUT2D eigenvalue weighted by Gasteiger charge is 2.17. The number of aryl methyl sites for hydroxylation is 1. The monoisotopic (exact) mass is 320 g/mol. The van der Waals surface area contributed by atoms with Gasteiger partial charge in [0.15, 0.2) is 11.5 Å². The van der Waals surface area contributed by atoms with Gasteiger partial charge < -0.3 is 5.11 Å². The Hall–Kier alpha value is -3.08. The molecule has 3 aromatic rings. The van der Waals surface area contributed by atoms with Gasteiger partial charge in [0, 0.05) is 18.0 Å². The normalized spacial score (nSPS) is 10.8. The van der Waals surface area contributed by atoms with Gasteiger partial charge in [-0.1, -0.05) is 18.2 Å². The number of aromatic nitrogens is 2. The lowest BCUT2D eigenvalue weighted by atomic mass is 10.0. The van der Waals surface area contributed by atoms with E-state index in [1.807, 2.05) is 24.3 Å². The number of Topliss-reactive ketones (excluding diaryl/α,β-unsaturated/α-hetero) is 1. The lowest BCUT2D eigenvalue weighted by molar-refractivity contribution is 0.0689. The molecule has 0 spiro atoms. The first kappa shape index (κ1) is 15.8. The minimum absolute atomic E-state index is 0.0714. The average molecular weight is 320 g/mol. The van der Waals surface area contributed by atoms with Crippen molar-refractivity contribution < 1.29 is 14.7 Å². The van der Waals surface area contributed by atoms with E-state index in [-0.39, 0.29) is 23.6 Å². The van der Waals surface area contributed by atoms with Gasteiger partial charge in [-0.3, -0.25) is 9.78 Å². The van der Waals surface area contributed by atoms with E-state index in [4.69, 9.17) is 0 Å². The molecule has 0 bridgehead atoms. The molecule has 2 aromatic heterocycles. The number of carbonyl (C=O) groups is 2. The van der Waals surface area contributed by atoms with Crippen LogP contribution in [0.15, 0.2) is 42.6 Å². The highest BCUT2D eigenvalue weighted by molar-refractivity contribution is 5.99. The van der Waals surface area contributed by atoms with Crippen LogP contribution in [0.1, 0.15) is 37.7 Å². The van der Waals surface area contributed by atoms with Crippen molar-refractivity contribution in [3.05, 3.63) is 70.7 Å². The van der Waals surface area contributed by atoms with E-state index in [1.54, 1.807) is 32.2 Å². The maximum atomic E-state index is 12.6. The largest absolute Gasteiger partial charge is 0.477 e. The number of hydrogen-bond donors (Lipinski definition) is 1. The van der Waals surface area contributed by atoms with E-state index in [0.29, 0.717) is 5.56 Å². The van der Waals surface area contributed by atoms with E-state index >= 15 is 0 Å². The van der Waals surface area contributed by atoms with E-state index in [1.165, 1.54) is 0 Å². The molecule has 3 rings (SSSR count). The fourth-order valence-electron chi connectivity index (χ4n) is 2.66. The Morgan fingerprint density at radius 3 is 2.62 bits per heavy atom. The van der Waals surface area contributed by atoms with Crippen LogP contribution in [0.3, 0.4) is 0 Å². The van der Waals surface area contributed by atoms with Gasteiger partial charge in [-0.15, -0.1) is 0 Å². The predicted molar refractivity (Wildman–Crippen MR) is 90.4 cm³/mol. The summed E-state index contributed by atoms with van der Waals surface area (Å²) in [7, 11) is 0. The number of para-hydroxylation sites is 1. The lowest BCUT2D eigenvalue weighted by Gasteiger charge is -2.09. The molecule has 0 saturated heterocycles. The molecule has 1 aromatic carbocycles. The van der Waals surface area contributed by atoms with Crippen LogP contribution < -0.4 is 0 Å². The highest BCUT2D eigenvalue weighted by atomic mass is 16.4. The van der Waals surface area contributed by atoms with Crippen molar-refractivity contribution in [2.75, 3.05) is 0 Å². The second-order valence-corrected chi connectivity index (χ2v) is 5.69. The summed E-state index contributed by atoms with van der Waals surface area (Å²) in [5, 5.41) is 10.2. The minimum atomic E-state index is -1.13. The van der Waals surface area contributed by atoms with Crippen LogP contribution in [0, 0.1) is 13.8 Å². The number of fused-ring (bicyclic) bond motifs is 1. The summed E-state index contributed by atoms with van der Waals surface area (Å²) >= 11 is 0. The molecular formula is C19H16N2O3. The molecule has 5 nitrogen and oxygen atoms in total. The van der Waals surface area contributed by atoms with E-state index in [9.17, 15) is 14.7 Å². The highest BCUT2D eigenvalue weighted by Crippen LogP contribution is 2.19. The molecule has 0 radical (unpaired) electrons. The topological polar surface area (TPSA) is 80.2 Å². The number of pyridine rings is 2. The Balaban J connectivity index is 1.99. The zero-order valence-electron chi connectivity index (χ0n) is 13.4. The van der Waals surface area contributed by atoms with Crippen LogP contribution >= 0.6 is 0 Å². The molecule has 0 atom stereocenters. The van der Waals surface area contributed by atoms with Gasteiger partial charge in [0.1, 0.15) is 5.69 Å². The minimum Gasteiger partial charge on any atom is -0.477 e. The van der Waals surface area contributed by atoms with Crippen LogP contribution in [-0.2, 0) is 6.42 Å². The molecule has 0 aliphatic carbocycles. The second-order valence-electron chi connectivity index (χ2n) is 5.69. The first-order valence-corrected chi connectivity index (χ1v) is 7.54. The first-order valence-electron chi connectivity index (χ1n) is 7.54. The maximum absolute atomic E-state index is 12.6. The van der Waals surface area contributed by atoms with Gasteiger partial charge in [0.25, 0.3) is 0 Å². The summed E-state index contributed by atoms with van der Waals surface area (Å²) in [5.74, 6) is -1.34. The van der Waals surface area contributed by atoms with Crippen molar-refractivity contribution in [3.8, 4) is 0 Å². The van der Waals surface area contributed by atoms with Crippen LogP contribution in [0.25, 0.3) is 10.9 Å². The molecule has 0 unspecified atom stereocenters. The van der Waals surface area contributed by atoms with Gasteiger partial charge in [-0.05, 0) is 48.7 Å². The third kappa shape index (κ3) is 2.88. The number of nitrogens with zero attached hydrogens (tertiary/aromatic N) is 2. The third-order valence-electron chi connectivity index (χ3n) is 4.11. The zero-order valence-corrected chi connectivity index (χ0v) is 13.4. The number of carbonyl (C=O) groups excluding carboxylic acids is 1. The van der Waals surface area contributed by atoms with Crippen LogP contribution in [-0.4, -0.2) is 26.8 Å². The summed E-state index contributed by atoms with van der Waals surface area (Å²) in [6, 6.07) is 11.0. The summed E-state index contributed by atoms with van der Waals surface area (Å²) in [5.41, 5.74) is 3.10. The van der Waals surface area contributed by atoms with Gasteiger partial charge in [-0.25, -0.2) is 9.78 Å². The molecule has 0 amide bonds. The standard InChI is InChI=1S/C19H16N2O3/c1-11-9-16(21-18(12(11)2)19(23)24)17(22)10-13-7-8-20-15-6-4-3-5-14(13)15/h3-9H,10H2,1-2H3,(H,23,24). The summed E-state index contributed by atoms with van der Waals surface area (Å²) < 4.78 is 0. The number of carboxylic acid groups (broad SMARTS) is 1. The quantitative estimate of drug-likeness (QED) is 0.745. The molecule has 0 saturated carbocycles. The molecule has 24 heavy (non-hydrogen) atoms. The molecule has 0 aliphatic rings. The third-order valence-corrected chi connectivity index (χ3v) is 4.11. The Kier molecular flexibility index (Phi) is 4.08. The summed E-state index contributed by atoms with van der Waals surface area (Å²) in [4.78, 5) is 32.2. The van der Waals surface area contributed by atoms with Crippen LogP contribution in [0.5, 0.6) is 0 Å². The average Bonchev–Trinajstić information content (AvgIpc) is 2.57. The fourth-order valence-corrected chi connectivity index (χ4v) is 2.66. The van der Waals surface area contributed by atoms with Crippen molar-refractivity contribution in [2.45, 2.75) is 20.3 Å². The molecule has 0 fully saturated rings. The summed E-state index contributed by atoms with van der Waals surface area (Å²) in [6.07, 6.45) is 1.82. The number of benzene rings is 1. The van der Waals surface area contributed by atoms with Gasteiger partial charge in [0.2, 0.25) is 0 Å². The molecular weight excluding hydrogens is 304 g/mol. The number of ketones is 1. The number of hydrogen-bond acceptors (Lipinski definition) is 4. The van der Waals surface area contributed by atoms with Crippen molar-refractivity contribution in [1.29, 1.82) is 0 Å². The van der Waals surface area contributed by atoms with E-state index < -0.39 is 5.97 Å². The Morgan fingerprint density at radius 2 is 1.88 bits per heavy atom. The van der Waals surface area contributed by atoms with Crippen molar-refractivity contribution in [1.82, 2.24) is 9.97 Å². The molecule has 1 N–H and O–H groups in total. The molecule has 5 heteroatoms. The SMILES string of the molecule is Cc1cc(C(=O)Cc2ccnc3ccccc23)nc(C(=O)O)c1C. The molecule has 120 valence electrons. The van der Waals surface area contributed by atoms with Crippen LogP contribution in [0.2, 0.25) is 0 Å². The molecule has 2 heterocycles. The van der Waals surface area contributed by atoms with Gasteiger partial charge in [-0.2, -0.15) is 0 Å². The molecule has 0 aliphatic heterocycles. The second kappa shape index (κ2) is 6.20. The van der Waals surface area contributed by atoms with Crippen molar-refractivity contribution >= 4 is 22.7 Å². The maximum Gasteiger partial charge on any atom is 0.354 e. The van der Waals surface area contributed by atoms with Crippen molar-refractivity contribution in [2.24, 2.45) is 0 Å². The van der Waals surface area contributed by atoms with E-state index in [0.717, 1.165) is 22.0 Å². The number of carboxylic acids is 1. The Bertz CT molecular complexity index is 959. The van der Waals surface area contributed by atoms with E-state index in [2.05, 4.69) is 9.97 Å². The first-order chi connectivity index (χ1) is 11.5. The number of rotatable bonds is 4. The lowest BCUT2D eigenvalue weighted by Crippen LogP contribution is -2.13. The predicted octanol–water partition coefficient (Wildman–Crippen LogP) is 3.37. The van der Waals surface area contributed by atoms with Gasteiger partial charge >= 0.3 is 5.97 Å². The Labute approximate surface area is 139 Å². The Morgan fingerprint density at radius 1 is 1.12 bits per heavy atom. The fraction of sp³-hybridized carbons (Fsp3) is 0.158. The summed E-state index contributed by atoms with van der Waals surface area (Å²) in [6.45, 7) is 3.47. The van der Waals surface area contributed by atoms with Crippen molar-refractivity contribution in [3.63, 3.8) is 0 Å². The van der Waals surface area contributed by atoms with Crippen LogP contribution in [0.4, 0.5) is 0 Å².